The molecule has 1 aromatic rings. The molecule has 0 aliphatic carbocycles. The van der Waals surface area contributed by atoms with Crippen molar-refractivity contribution in [2.75, 3.05) is 6.54 Å². The van der Waals surface area contributed by atoms with Gasteiger partial charge in [-0.2, -0.15) is 0 Å². The van der Waals surface area contributed by atoms with Gasteiger partial charge in [-0.3, -0.25) is 4.90 Å². The van der Waals surface area contributed by atoms with Crippen molar-refractivity contribution in [2.45, 2.75) is 44.9 Å². The van der Waals surface area contributed by atoms with Crippen molar-refractivity contribution in [3.8, 4) is 0 Å². The van der Waals surface area contributed by atoms with Crippen LogP contribution in [0.4, 0.5) is 0 Å². The van der Waals surface area contributed by atoms with Gasteiger partial charge in [0, 0.05) is 18.6 Å². The van der Waals surface area contributed by atoms with E-state index in [1.807, 2.05) is 19.9 Å². The van der Waals surface area contributed by atoms with E-state index in [9.17, 15) is 5.11 Å². The molecule has 2 heteroatoms. The van der Waals surface area contributed by atoms with Crippen molar-refractivity contribution in [3.63, 3.8) is 0 Å². The second kappa shape index (κ2) is 4.19. The van der Waals surface area contributed by atoms with Crippen molar-refractivity contribution in [3.05, 3.63) is 35.9 Å². The zero-order valence-corrected chi connectivity index (χ0v) is 10.4. The fourth-order valence-corrected chi connectivity index (χ4v) is 2.55. The molecule has 2 rings (SSSR count). The minimum Gasteiger partial charge on any atom is -0.389 e. The second-order valence-corrected chi connectivity index (χ2v) is 5.28. The molecule has 0 aromatic heterocycles. The predicted molar refractivity (Wildman–Crippen MR) is 66.3 cm³/mol. The Morgan fingerprint density at radius 2 is 1.94 bits per heavy atom. The standard InChI is InChI=1S/C14H21NO/c1-11(12-7-5-4-6-8-12)15-10-9-13(15)14(2,3)16/h4-8,11,13,16H,9-10H2,1-3H3/t11-,13+/m0/s1. The van der Waals surface area contributed by atoms with Gasteiger partial charge in [0.05, 0.1) is 5.60 Å². The van der Waals surface area contributed by atoms with Crippen LogP contribution in [0.15, 0.2) is 30.3 Å². The molecule has 88 valence electrons. The maximum atomic E-state index is 10.1. The summed E-state index contributed by atoms with van der Waals surface area (Å²) in [4.78, 5) is 2.38. The Morgan fingerprint density at radius 3 is 2.38 bits per heavy atom. The van der Waals surface area contributed by atoms with Crippen molar-refractivity contribution in [1.82, 2.24) is 4.90 Å². The molecule has 1 fully saturated rings. The van der Waals surface area contributed by atoms with Crippen molar-refractivity contribution >= 4 is 0 Å². The van der Waals surface area contributed by atoms with Crippen LogP contribution in [0, 0.1) is 0 Å². The van der Waals surface area contributed by atoms with Gasteiger partial charge in [-0.25, -0.2) is 0 Å². The number of rotatable bonds is 3. The first kappa shape index (κ1) is 11.6. The first-order chi connectivity index (χ1) is 7.50. The van der Waals surface area contributed by atoms with Crippen molar-refractivity contribution in [1.29, 1.82) is 0 Å². The summed E-state index contributed by atoms with van der Waals surface area (Å²) in [5.74, 6) is 0. The molecule has 2 atom stereocenters. The molecule has 0 bridgehead atoms. The van der Waals surface area contributed by atoms with Gasteiger partial charge in [0.2, 0.25) is 0 Å². The predicted octanol–water partition coefficient (Wildman–Crippen LogP) is 2.59. The molecule has 0 radical (unpaired) electrons. The largest absolute Gasteiger partial charge is 0.389 e. The lowest BCUT2D eigenvalue weighted by Gasteiger charge is -2.50. The lowest BCUT2D eigenvalue weighted by Crippen LogP contribution is -2.59. The molecule has 1 aromatic carbocycles. The Kier molecular flexibility index (Phi) is 3.04. The summed E-state index contributed by atoms with van der Waals surface area (Å²) < 4.78 is 0. The Labute approximate surface area is 97.9 Å². The summed E-state index contributed by atoms with van der Waals surface area (Å²) in [5.41, 5.74) is 0.734. The maximum Gasteiger partial charge on any atom is 0.0746 e. The molecule has 1 aliphatic rings. The van der Waals surface area contributed by atoms with Crippen molar-refractivity contribution < 1.29 is 5.11 Å². The first-order valence-corrected chi connectivity index (χ1v) is 6.03. The smallest absolute Gasteiger partial charge is 0.0746 e. The molecular weight excluding hydrogens is 198 g/mol. The molecule has 2 nitrogen and oxygen atoms in total. The molecular formula is C14H21NO. The first-order valence-electron chi connectivity index (χ1n) is 6.03. The molecule has 0 spiro atoms. The summed E-state index contributed by atoms with van der Waals surface area (Å²) in [6.45, 7) is 7.11. The normalized spacial score (nSPS) is 23.9. The van der Waals surface area contributed by atoms with Crippen LogP contribution in [-0.4, -0.2) is 28.2 Å². The van der Waals surface area contributed by atoms with E-state index in [-0.39, 0.29) is 0 Å². The van der Waals surface area contributed by atoms with Gasteiger partial charge in [0.1, 0.15) is 0 Å². The molecule has 1 aliphatic heterocycles. The highest BCUT2D eigenvalue weighted by molar-refractivity contribution is 5.19. The quantitative estimate of drug-likeness (QED) is 0.844. The van der Waals surface area contributed by atoms with E-state index in [0.717, 1.165) is 13.0 Å². The zero-order valence-electron chi connectivity index (χ0n) is 10.4. The molecule has 0 amide bonds. The van der Waals surface area contributed by atoms with E-state index in [1.54, 1.807) is 0 Å². The van der Waals surface area contributed by atoms with Crippen LogP contribution in [0.2, 0.25) is 0 Å². The van der Waals surface area contributed by atoms with Gasteiger partial charge in [-0.05, 0) is 32.8 Å². The van der Waals surface area contributed by atoms with Crippen LogP contribution in [0.5, 0.6) is 0 Å². The van der Waals surface area contributed by atoms with E-state index < -0.39 is 5.60 Å². The number of benzene rings is 1. The Hall–Kier alpha value is -0.860. The Morgan fingerprint density at radius 1 is 1.31 bits per heavy atom. The molecule has 0 unspecified atom stereocenters. The fourth-order valence-electron chi connectivity index (χ4n) is 2.55. The van der Waals surface area contributed by atoms with Gasteiger partial charge in [0.25, 0.3) is 0 Å². The van der Waals surface area contributed by atoms with E-state index >= 15 is 0 Å². The third kappa shape index (κ3) is 2.13. The summed E-state index contributed by atoms with van der Waals surface area (Å²) in [6.07, 6.45) is 1.10. The Balaban J connectivity index is 2.09. The minimum atomic E-state index is -0.596. The molecule has 1 N–H and O–H groups in total. The van der Waals surface area contributed by atoms with Gasteiger partial charge in [-0.15, -0.1) is 0 Å². The van der Waals surface area contributed by atoms with Gasteiger partial charge >= 0.3 is 0 Å². The summed E-state index contributed by atoms with van der Waals surface area (Å²) in [6, 6.07) is 11.2. The van der Waals surface area contributed by atoms with Gasteiger partial charge < -0.3 is 5.11 Å². The van der Waals surface area contributed by atoms with E-state index in [0.29, 0.717) is 12.1 Å². The number of aliphatic hydroxyl groups is 1. The van der Waals surface area contributed by atoms with Gasteiger partial charge in [-0.1, -0.05) is 30.3 Å². The Bertz CT molecular complexity index is 342. The van der Waals surface area contributed by atoms with Crippen LogP contribution in [0.1, 0.15) is 38.8 Å². The lowest BCUT2D eigenvalue weighted by atomic mass is 9.85. The van der Waals surface area contributed by atoms with E-state index in [2.05, 4.69) is 36.1 Å². The van der Waals surface area contributed by atoms with E-state index in [1.165, 1.54) is 5.56 Å². The summed E-state index contributed by atoms with van der Waals surface area (Å²) in [7, 11) is 0. The topological polar surface area (TPSA) is 23.5 Å². The lowest BCUT2D eigenvalue weighted by molar-refractivity contribution is -0.0871. The number of hydrogen-bond acceptors (Lipinski definition) is 2. The maximum absolute atomic E-state index is 10.1. The number of nitrogens with zero attached hydrogens (tertiary/aromatic N) is 1. The highest BCUT2D eigenvalue weighted by Crippen LogP contribution is 2.35. The summed E-state index contributed by atoms with van der Waals surface area (Å²) in [5, 5.41) is 10.1. The fraction of sp³-hybridized carbons (Fsp3) is 0.571. The van der Waals surface area contributed by atoms with Crippen LogP contribution in [0.25, 0.3) is 0 Å². The molecule has 1 heterocycles. The highest BCUT2D eigenvalue weighted by atomic mass is 16.3. The van der Waals surface area contributed by atoms with E-state index in [4.69, 9.17) is 0 Å². The molecule has 16 heavy (non-hydrogen) atoms. The zero-order chi connectivity index (χ0) is 11.8. The SMILES string of the molecule is C[C@@H](c1ccccc1)N1CC[C@@H]1C(C)(C)O. The van der Waals surface area contributed by atoms with Crippen LogP contribution in [-0.2, 0) is 0 Å². The highest BCUT2D eigenvalue weighted by Gasteiger charge is 2.41. The monoisotopic (exact) mass is 219 g/mol. The second-order valence-electron chi connectivity index (χ2n) is 5.28. The average Bonchev–Trinajstić information content (AvgIpc) is 2.14. The third-order valence-electron chi connectivity index (χ3n) is 3.66. The molecule has 1 saturated heterocycles. The number of likely N-dealkylation sites (tertiary alicyclic amines) is 1. The van der Waals surface area contributed by atoms with Gasteiger partial charge in [0.15, 0.2) is 0 Å². The minimum absolute atomic E-state index is 0.294. The molecule has 0 saturated carbocycles. The number of hydrogen-bond donors (Lipinski definition) is 1. The third-order valence-corrected chi connectivity index (χ3v) is 3.66. The van der Waals surface area contributed by atoms with Crippen LogP contribution in [0.3, 0.4) is 0 Å². The van der Waals surface area contributed by atoms with Crippen molar-refractivity contribution in [2.24, 2.45) is 0 Å². The van der Waals surface area contributed by atoms with Crippen LogP contribution >= 0.6 is 0 Å². The average molecular weight is 219 g/mol. The van der Waals surface area contributed by atoms with Crippen LogP contribution < -0.4 is 0 Å². The summed E-state index contributed by atoms with van der Waals surface area (Å²) >= 11 is 0.